The number of aromatic nitrogens is 1. The molecule has 106 valence electrons. The van der Waals surface area contributed by atoms with Gasteiger partial charge in [-0.3, -0.25) is 9.78 Å². The molecule has 0 saturated heterocycles. The van der Waals surface area contributed by atoms with Gasteiger partial charge in [0.05, 0.1) is 0 Å². The van der Waals surface area contributed by atoms with Crippen molar-refractivity contribution in [1.82, 2.24) is 10.3 Å². The number of amides is 1. The first-order valence-electron chi connectivity index (χ1n) is 6.98. The summed E-state index contributed by atoms with van der Waals surface area (Å²) >= 11 is 1.67. The van der Waals surface area contributed by atoms with E-state index in [1.807, 2.05) is 26.2 Å². The second-order valence-corrected chi connectivity index (χ2v) is 5.61. The Hall–Kier alpha value is -1.68. The predicted molar refractivity (Wildman–Crippen MR) is 83.5 cm³/mol. The van der Waals surface area contributed by atoms with Crippen molar-refractivity contribution in [2.45, 2.75) is 33.2 Å². The minimum atomic E-state index is 0.114. The van der Waals surface area contributed by atoms with Crippen LogP contribution in [0.25, 0.3) is 11.1 Å². The molecular weight excluding hydrogens is 268 g/mol. The molecule has 2 rings (SSSR count). The maximum absolute atomic E-state index is 12.0. The van der Waals surface area contributed by atoms with Crippen molar-refractivity contribution in [2.75, 3.05) is 0 Å². The summed E-state index contributed by atoms with van der Waals surface area (Å²) in [5.74, 6) is 0.249. The number of hydrogen-bond acceptors (Lipinski definition) is 3. The molecule has 1 amide bonds. The predicted octanol–water partition coefficient (Wildman–Crippen LogP) is 3.86. The summed E-state index contributed by atoms with van der Waals surface area (Å²) in [5, 5.41) is 7.15. The number of carbonyl (C=O) groups excluding carboxylic acids is 1. The number of rotatable bonds is 6. The first-order chi connectivity index (χ1) is 9.74. The fraction of sp³-hybridized carbons (Fsp3) is 0.375. The highest BCUT2D eigenvalue weighted by Crippen LogP contribution is 2.21. The van der Waals surface area contributed by atoms with Gasteiger partial charge in [-0.25, -0.2) is 0 Å². The highest BCUT2D eigenvalue weighted by Gasteiger charge is 2.13. The van der Waals surface area contributed by atoms with Gasteiger partial charge in [0.15, 0.2) is 0 Å². The standard InChI is InChI=1S/C16H20N2OS/c1-3-13(4-2)16(19)18-9-12-7-15(10-17-8-12)14-5-6-20-11-14/h5-8,10-11,13H,3-4,9H2,1-2H3,(H,18,19). The summed E-state index contributed by atoms with van der Waals surface area (Å²) in [6, 6.07) is 4.16. The third-order valence-corrected chi connectivity index (χ3v) is 4.16. The Bertz CT molecular complexity index is 547. The molecule has 0 saturated carbocycles. The highest BCUT2D eigenvalue weighted by atomic mass is 32.1. The Kier molecular flexibility index (Phi) is 5.30. The average Bonchev–Trinajstić information content (AvgIpc) is 3.01. The molecule has 2 aromatic heterocycles. The van der Waals surface area contributed by atoms with Gasteiger partial charge < -0.3 is 5.32 Å². The summed E-state index contributed by atoms with van der Waals surface area (Å²) in [4.78, 5) is 16.2. The van der Waals surface area contributed by atoms with Gasteiger partial charge in [-0.2, -0.15) is 11.3 Å². The molecule has 0 bridgehead atoms. The van der Waals surface area contributed by atoms with Crippen LogP contribution in [0.5, 0.6) is 0 Å². The Labute approximate surface area is 124 Å². The van der Waals surface area contributed by atoms with E-state index in [-0.39, 0.29) is 11.8 Å². The van der Waals surface area contributed by atoms with E-state index < -0.39 is 0 Å². The number of carbonyl (C=O) groups is 1. The molecule has 2 aromatic rings. The number of thiophene rings is 1. The monoisotopic (exact) mass is 288 g/mol. The van der Waals surface area contributed by atoms with Crippen molar-refractivity contribution in [3.05, 3.63) is 40.8 Å². The lowest BCUT2D eigenvalue weighted by molar-refractivity contribution is -0.125. The van der Waals surface area contributed by atoms with Crippen LogP contribution >= 0.6 is 11.3 Å². The van der Waals surface area contributed by atoms with Crippen molar-refractivity contribution < 1.29 is 4.79 Å². The van der Waals surface area contributed by atoms with Crippen molar-refractivity contribution >= 4 is 17.2 Å². The summed E-state index contributed by atoms with van der Waals surface area (Å²) in [6.07, 6.45) is 5.43. The molecule has 0 fully saturated rings. The number of nitrogens with zero attached hydrogens (tertiary/aromatic N) is 1. The minimum absolute atomic E-state index is 0.114. The van der Waals surface area contributed by atoms with Gasteiger partial charge >= 0.3 is 0 Å². The van der Waals surface area contributed by atoms with Crippen LogP contribution in [0.2, 0.25) is 0 Å². The van der Waals surface area contributed by atoms with Gasteiger partial charge in [-0.15, -0.1) is 0 Å². The molecule has 0 unspecified atom stereocenters. The molecule has 0 aliphatic rings. The second-order valence-electron chi connectivity index (χ2n) is 4.83. The highest BCUT2D eigenvalue weighted by molar-refractivity contribution is 7.08. The average molecular weight is 288 g/mol. The molecule has 1 N–H and O–H groups in total. The molecular formula is C16H20N2OS. The minimum Gasteiger partial charge on any atom is -0.352 e. The van der Waals surface area contributed by atoms with Crippen LogP contribution in [-0.2, 0) is 11.3 Å². The van der Waals surface area contributed by atoms with E-state index in [0.29, 0.717) is 6.54 Å². The van der Waals surface area contributed by atoms with Gasteiger partial charge in [-0.05, 0) is 46.9 Å². The summed E-state index contributed by atoms with van der Waals surface area (Å²) in [7, 11) is 0. The zero-order valence-electron chi connectivity index (χ0n) is 11.9. The number of hydrogen-bond donors (Lipinski definition) is 1. The lowest BCUT2D eigenvalue weighted by Gasteiger charge is -2.12. The Morgan fingerprint density at radius 1 is 1.30 bits per heavy atom. The topological polar surface area (TPSA) is 42.0 Å². The van der Waals surface area contributed by atoms with Crippen LogP contribution in [0.1, 0.15) is 32.3 Å². The largest absolute Gasteiger partial charge is 0.352 e. The van der Waals surface area contributed by atoms with E-state index in [1.54, 1.807) is 11.3 Å². The first kappa shape index (κ1) is 14.7. The lowest BCUT2D eigenvalue weighted by Crippen LogP contribution is -2.29. The van der Waals surface area contributed by atoms with Gasteiger partial charge in [0.2, 0.25) is 5.91 Å². The molecule has 0 radical (unpaired) electrons. The fourth-order valence-electron chi connectivity index (χ4n) is 2.16. The molecule has 3 nitrogen and oxygen atoms in total. The van der Waals surface area contributed by atoms with Crippen LogP contribution in [0.15, 0.2) is 35.3 Å². The summed E-state index contributed by atoms with van der Waals surface area (Å²) in [6.45, 7) is 4.64. The third kappa shape index (κ3) is 3.67. The molecule has 4 heteroatoms. The molecule has 0 aliphatic carbocycles. The SMILES string of the molecule is CCC(CC)C(=O)NCc1cncc(-c2ccsc2)c1. The molecule has 0 aromatic carbocycles. The Morgan fingerprint density at radius 3 is 2.75 bits per heavy atom. The lowest BCUT2D eigenvalue weighted by atomic mass is 10.0. The summed E-state index contributed by atoms with van der Waals surface area (Å²) in [5.41, 5.74) is 3.31. The molecule has 20 heavy (non-hydrogen) atoms. The van der Waals surface area contributed by atoms with E-state index in [0.717, 1.165) is 24.0 Å². The maximum atomic E-state index is 12.0. The summed E-state index contributed by atoms with van der Waals surface area (Å²) < 4.78 is 0. The smallest absolute Gasteiger partial charge is 0.223 e. The molecule has 2 heterocycles. The van der Waals surface area contributed by atoms with Crippen LogP contribution in [0.3, 0.4) is 0 Å². The maximum Gasteiger partial charge on any atom is 0.223 e. The second kappa shape index (κ2) is 7.20. The first-order valence-corrected chi connectivity index (χ1v) is 7.93. The van der Waals surface area contributed by atoms with E-state index in [4.69, 9.17) is 0 Å². The zero-order valence-corrected chi connectivity index (χ0v) is 12.7. The van der Waals surface area contributed by atoms with E-state index >= 15 is 0 Å². The molecule has 0 atom stereocenters. The third-order valence-electron chi connectivity index (χ3n) is 3.47. The van der Waals surface area contributed by atoms with E-state index in [9.17, 15) is 4.79 Å². The van der Waals surface area contributed by atoms with Crippen LogP contribution in [0.4, 0.5) is 0 Å². The van der Waals surface area contributed by atoms with Crippen LogP contribution in [0, 0.1) is 5.92 Å². The van der Waals surface area contributed by atoms with Crippen molar-refractivity contribution in [2.24, 2.45) is 5.92 Å². The van der Waals surface area contributed by atoms with E-state index in [2.05, 4.69) is 33.2 Å². The Balaban J connectivity index is 2.00. The van der Waals surface area contributed by atoms with E-state index in [1.165, 1.54) is 5.56 Å². The fourth-order valence-corrected chi connectivity index (χ4v) is 2.83. The van der Waals surface area contributed by atoms with Gasteiger partial charge in [0.1, 0.15) is 0 Å². The van der Waals surface area contributed by atoms with Crippen molar-refractivity contribution in [3.63, 3.8) is 0 Å². The molecule has 0 spiro atoms. The van der Waals surface area contributed by atoms with Crippen molar-refractivity contribution in [1.29, 1.82) is 0 Å². The van der Waals surface area contributed by atoms with Crippen molar-refractivity contribution in [3.8, 4) is 11.1 Å². The van der Waals surface area contributed by atoms with Gasteiger partial charge in [0, 0.05) is 30.4 Å². The van der Waals surface area contributed by atoms with Gasteiger partial charge in [0.25, 0.3) is 0 Å². The zero-order chi connectivity index (χ0) is 14.4. The molecule has 0 aliphatic heterocycles. The Morgan fingerprint density at radius 2 is 2.10 bits per heavy atom. The number of nitrogens with one attached hydrogen (secondary N) is 1. The van der Waals surface area contributed by atoms with Gasteiger partial charge in [-0.1, -0.05) is 13.8 Å². The van der Waals surface area contributed by atoms with Crippen LogP contribution < -0.4 is 5.32 Å². The quantitative estimate of drug-likeness (QED) is 0.877. The normalized spacial score (nSPS) is 10.8. The van der Waals surface area contributed by atoms with Crippen LogP contribution in [-0.4, -0.2) is 10.9 Å². The number of pyridine rings is 1.